The number of nitrogens with zero attached hydrogens (tertiary/aromatic N) is 2. The molecule has 36 heavy (non-hydrogen) atoms. The highest BCUT2D eigenvalue weighted by Gasteiger charge is 2.42. The van der Waals surface area contributed by atoms with Crippen LogP contribution in [-0.2, 0) is 10.3 Å². The first-order chi connectivity index (χ1) is 17.5. The maximum atomic E-state index is 14.5. The van der Waals surface area contributed by atoms with Gasteiger partial charge in [-0.1, -0.05) is 13.0 Å². The molecule has 0 amide bonds. The number of rotatable bonds is 7. The third-order valence-corrected chi connectivity index (χ3v) is 7.43. The summed E-state index contributed by atoms with van der Waals surface area (Å²) in [6, 6.07) is 20.0. The average molecular weight is 494 g/mol. The Hall–Kier alpha value is -3.32. The third-order valence-electron chi connectivity index (χ3n) is 7.43. The molecule has 3 aromatic rings. The van der Waals surface area contributed by atoms with Crippen LogP contribution in [0.4, 0.5) is 25.8 Å². The molecule has 5 nitrogen and oxygen atoms in total. The topological polar surface area (TPSA) is 51.0 Å². The largest absolute Gasteiger partial charge is 0.493 e. The number of benzene rings is 3. The van der Waals surface area contributed by atoms with Crippen LogP contribution >= 0.6 is 0 Å². The van der Waals surface area contributed by atoms with Gasteiger partial charge in [-0.3, -0.25) is 0 Å². The van der Waals surface area contributed by atoms with Crippen molar-refractivity contribution in [1.82, 2.24) is 0 Å². The first kappa shape index (κ1) is 24.4. The molecule has 7 heteroatoms. The summed E-state index contributed by atoms with van der Waals surface area (Å²) in [4.78, 5) is 4.76. The Balaban J connectivity index is 1.13. The van der Waals surface area contributed by atoms with Gasteiger partial charge in [-0.2, -0.15) is 0 Å². The van der Waals surface area contributed by atoms with Gasteiger partial charge in [0, 0.05) is 60.8 Å². The van der Waals surface area contributed by atoms with Gasteiger partial charge in [0.1, 0.15) is 17.4 Å². The van der Waals surface area contributed by atoms with Crippen molar-refractivity contribution in [3.8, 4) is 5.75 Å². The van der Waals surface area contributed by atoms with E-state index in [1.165, 1.54) is 23.5 Å². The molecule has 190 valence electrons. The lowest BCUT2D eigenvalue weighted by Crippen LogP contribution is -2.46. The highest BCUT2D eigenvalue weighted by atomic mass is 19.1. The average Bonchev–Trinajstić information content (AvgIpc) is 3.33. The highest BCUT2D eigenvalue weighted by molar-refractivity contribution is 5.55. The predicted octanol–water partition coefficient (Wildman–Crippen LogP) is 5.59. The van der Waals surface area contributed by atoms with Crippen LogP contribution < -0.4 is 20.3 Å². The Kier molecular flexibility index (Phi) is 7.01. The van der Waals surface area contributed by atoms with E-state index in [-0.39, 0.29) is 5.92 Å². The predicted molar refractivity (Wildman–Crippen MR) is 140 cm³/mol. The molecule has 2 aliphatic heterocycles. The van der Waals surface area contributed by atoms with E-state index in [2.05, 4.69) is 34.1 Å². The summed E-state index contributed by atoms with van der Waals surface area (Å²) in [6.07, 6.45) is 1.26. The second kappa shape index (κ2) is 10.3. The van der Waals surface area contributed by atoms with E-state index < -0.39 is 17.2 Å². The minimum atomic E-state index is -0.732. The van der Waals surface area contributed by atoms with Crippen LogP contribution in [0.25, 0.3) is 0 Å². The fourth-order valence-corrected chi connectivity index (χ4v) is 5.33. The van der Waals surface area contributed by atoms with Crippen molar-refractivity contribution in [2.75, 3.05) is 54.9 Å². The van der Waals surface area contributed by atoms with Crippen LogP contribution in [0.1, 0.15) is 25.3 Å². The molecule has 0 saturated carbocycles. The van der Waals surface area contributed by atoms with Crippen LogP contribution in [-0.4, -0.2) is 39.4 Å². The Morgan fingerprint density at radius 1 is 0.917 bits per heavy atom. The quantitative estimate of drug-likeness (QED) is 0.435. The van der Waals surface area contributed by atoms with Crippen molar-refractivity contribution in [3.05, 3.63) is 83.9 Å². The zero-order valence-corrected chi connectivity index (χ0v) is 20.6. The Morgan fingerprint density at radius 2 is 1.53 bits per heavy atom. The summed E-state index contributed by atoms with van der Waals surface area (Å²) in [5.74, 6) is -0.187. The summed E-state index contributed by atoms with van der Waals surface area (Å²) in [5, 5.41) is 0. The number of hydrogen-bond acceptors (Lipinski definition) is 5. The zero-order valence-electron chi connectivity index (χ0n) is 20.6. The number of anilines is 3. The van der Waals surface area contributed by atoms with E-state index in [4.69, 9.17) is 15.2 Å². The molecule has 3 aromatic carbocycles. The van der Waals surface area contributed by atoms with Crippen molar-refractivity contribution < 1.29 is 18.3 Å². The number of ether oxygens (including phenoxy) is 2. The molecule has 2 N–H and O–H groups in total. The molecule has 0 spiro atoms. The maximum absolute atomic E-state index is 14.5. The third kappa shape index (κ3) is 5.12. The van der Waals surface area contributed by atoms with Crippen molar-refractivity contribution in [2.45, 2.75) is 25.4 Å². The SMILES string of the molecule is CCC1(c2ccc(F)cc2F)C[C@H](COc2ccc(N3CCN(c4ccc(N)cc4)CC3)cc2)CO1. The van der Waals surface area contributed by atoms with Crippen molar-refractivity contribution in [3.63, 3.8) is 0 Å². The molecule has 2 saturated heterocycles. The first-order valence-corrected chi connectivity index (χ1v) is 12.6. The molecular formula is C29H33F2N3O2. The van der Waals surface area contributed by atoms with Gasteiger partial charge in [0.25, 0.3) is 0 Å². The second-order valence-corrected chi connectivity index (χ2v) is 9.72. The lowest BCUT2D eigenvalue weighted by molar-refractivity contribution is -0.00717. The van der Waals surface area contributed by atoms with Crippen LogP contribution in [0.15, 0.2) is 66.7 Å². The molecule has 2 aliphatic rings. The summed E-state index contributed by atoms with van der Waals surface area (Å²) in [6.45, 7) is 6.76. The van der Waals surface area contributed by atoms with E-state index in [0.29, 0.717) is 31.6 Å². The Labute approximate surface area is 211 Å². The molecule has 5 rings (SSSR count). The normalized spacial score (nSPS) is 22.1. The number of hydrogen-bond donors (Lipinski definition) is 1. The molecule has 0 aromatic heterocycles. The molecule has 0 radical (unpaired) electrons. The summed E-state index contributed by atoms with van der Waals surface area (Å²) in [7, 11) is 0. The summed E-state index contributed by atoms with van der Waals surface area (Å²) < 4.78 is 40.0. The second-order valence-electron chi connectivity index (χ2n) is 9.72. The fraction of sp³-hybridized carbons (Fsp3) is 0.379. The minimum absolute atomic E-state index is 0.135. The van der Waals surface area contributed by atoms with Crippen LogP contribution in [0.2, 0.25) is 0 Å². The van der Waals surface area contributed by atoms with E-state index in [1.807, 2.05) is 31.2 Å². The molecule has 0 bridgehead atoms. The highest BCUT2D eigenvalue weighted by Crippen LogP contribution is 2.43. The lowest BCUT2D eigenvalue weighted by Gasteiger charge is -2.37. The summed E-state index contributed by atoms with van der Waals surface area (Å²) >= 11 is 0. The summed E-state index contributed by atoms with van der Waals surface area (Å²) in [5.41, 5.74) is 8.67. The standard InChI is InChI=1S/C29H33F2N3O2/c1-2-29(27-12-3-22(30)17-28(27)31)18-21(20-36-29)19-35-26-10-8-25(9-11-26)34-15-13-33(14-16-34)24-6-4-23(32)5-7-24/h3-12,17,21H,2,13-16,18-20,32H2,1H3/t21-,29?/m1/s1. The van der Waals surface area contributed by atoms with Gasteiger partial charge in [0.15, 0.2) is 0 Å². The number of nitrogen functional groups attached to an aromatic ring is 1. The zero-order chi connectivity index (χ0) is 25.1. The van der Waals surface area contributed by atoms with Gasteiger partial charge >= 0.3 is 0 Å². The van der Waals surface area contributed by atoms with Gasteiger partial charge in [-0.05, 0) is 67.4 Å². The molecule has 2 fully saturated rings. The molecule has 2 atom stereocenters. The molecule has 2 heterocycles. The Bertz CT molecular complexity index is 1160. The molecular weight excluding hydrogens is 460 g/mol. The molecule has 0 aliphatic carbocycles. The monoisotopic (exact) mass is 493 g/mol. The van der Waals surface area contributed by atoms with Gasteiger partial charge in [0.05, 0.1) is 18.8 Å². The number of piperazine rings is 1. The van der Waals surface area contributed by atoms with Crippen LogP contribution in [0.3, 0.4) is 0 Å². The fourth-order valence-electron chi connectivity index (χ4n) is 5.33. The van der Waals surface area contributed by atoms with Crippen LogP contribution in [0, 0.1) is 17.6 Å². The Morgan fingerprint density at radius 3 is 2.11 bits per heavy atom. The van der Waals surface area contributed by atoms with E-state index >= 15 is 0 Å². The van der Waals surface area contributed by atoms with E-state index in [9.17, 15) is 8.78 Å². The molecule has 1 unspecified atom stereocenters. The van der Waals surface area contributed by atoms with Gasteiger partial charge in [-0.25, -0.2) is 8.78 Å². The van der Waals surface area contributed by atoms with Crippen molar-refractivity contribution in [1.29, 1.82) is 0 Å². The number of halogens is 2. The van der Waals surface area contributed by atoms with Gasteiger partial charge in [0.2, 0.25) is 0 Å². The van der Waals surface area contributed by atoms with Crippen LogP contribution in [0.5, 0.6) is 5.75 Å². The van der Waals surface area contributed by atoms with Gasteiger partial charge < -0.3 is 25.0 Å². The van der Waals surface area contributed by atoms with E-state index in [0.717, 1.165) is 43.7 Å². The lowest BCUT2D eigenvalue weighted by atomic mass is 9.85. The smallest absolute Gasteiger partial charge is 0.132 e. The van der Waals surface area contributed by atoms with Gasteiger partial charge in [-0.15, -0.1) is 0 Å². The minimum Gasteiger partial charge on any atom is -0.493 e. The number of nitrogens with two attached hydrogens (primary N) is 1. The first-order valence-electron chi connectivity index (χ1n) is 12.6. The maximum Gasteiger partial charge on any atom is 0.132 e. The van der Waals surface area contributed by atoms with Crippen molar-refractivity contribution in [2.24, 2.45) is 5.92 Å². The van der Waals surface area contributed by atoms with Crippen molar-refractivity contribution >= 4 is 17.1 Å². The van der Waals surface area contributed by atoms with E-state index in [1.54, 1.807) is 0 Å².